The van der Waals surface area contributed by atoms with Crippen LogP contribution in [0.4, 0.5) is 5.69 Å². The highest BCUT2D eigenvalue weighted by molar-refractivity contribution is 7.92. The number of carbonyl (C=O) groups excluding carboxylic acids is 2. The number of para-hydroxylation sites is 1. The van der Waals surface area contributed by atoms with Crippen molar-refractivity contribution in [1.29, 1.82) is 0 Å². The first kappa shape index (κ1) is 19.9. The molecule has 0 saturated carbocycles. The Morgan fingerprint density at radius 3 is 2.32 bits per heavy atom. The van der Waals surface area contributed by atoms with Gasteiger partial charge in [-0.3, -0.25) is 9.52 Å². The van der Waals surface area contributed by atoms with E-state index in [2.05, 4.69) is 4.72 Å². The molecular weight excluding hydrogens is 380 g/mol. The van der Waals surface area contributed by atoms with Crippen molar-refractivity contribution in [2.24, 2.45) is 0 Å². The van der Waals surface area contributed by atoms with Crippen LogP contribution in [-0.2, 0) is 21.4 Å². The molecule has 1 heterocycles. The third-order valence-electron chi connectivity index (χ3n) is 4.41. The van der Waals surface area contributed by atoms with Gasteiger partial charge in [0.05, 0.1) is 17.5 Å². The molecule has 8 heteroatoms. The highest BCUT2D eigenvalue weighted by atomic mass is 32.2. The number of hydrogen-bond acceptors (Lipinski definition) is 5. The first-order chi connectivity index (χ1) is 13.3. The van der Waals surface area contributed by atoms with Gasteiger partial charge in [-0.25, -0.2) is 13.2 Å². The lowest BCUT2D eigenvalue weighted by atomic mass is 10.1. The fourth-order valence-corrected chi connectivity index (χ4v) is 3.60. The Morgan fingerprint density at radius 1 is 1.04 bits per heavy atom. The van der Waals surface area contributed by atoms with Crippen molar-refractivity contribution < 1.29 is 22.7 Å². The van der Waals surface area contributed by atoms with E-state index in [0.717, 1.165) is 37.8 Å². The first-order valence-corrected chi connectivity index (χ1v) is 10.8. The fraction of sp³-hybridized carbons (Fsp3) is 0.300. The molecule has 0 atom stereocenters. The second kappa shape index (κ2) is 8.43. The molecule has 2 aromatic carbocycles. The summed E-state index contributed by atoms with van der Waals surface area (Å²) in [5, 5.41) is 0. The van der Waals surface area contributed by atoms with E-state index < -0.39 is 16.0 Å². The summed E-state index contributed by atoms with van der Waals surface area (Å²) in [6.45, 7) is 1.60. The predicted octanol–water partition coefficient (Wildman–Crippen LogP) is 2.65. The Hall–Kier alpha value is -2.87. The Balaban J connectivity index is 1.63. The van der Waals surface area contributed by atoms with Crippen LogP contribution in [0.15, 0.2) is 48.5 Å². The molecule has 28 heavy (non-hydrogen) atoms. The summed E-state index contributed by atoms with van der Waals surface area (Å²) in [5.74, 6) is -0.620. The van der Waals surface area contributed by atoms with Gasteiger partial charge < -0.3 is 9.64 Å². The van der Waals surface area contributed by atoms with Crippen LogP contribution in [0.25, 0.3) is 0 Å². The van der Waals surface area contributed by atoms with Gasteiger partial charge in [0.1, 0.15) is 6.61 Å². The molecule has 2 aromatic rings. The van der Waals surface area contributed by atoms with Crippen LogP contribution in [0.3, 0.4) is 0 Å². The molecule has 1 amide bonds. The number of hydrogen-bond donors (Lipinski definition) is 1. The number of benzene rings is 2. The smallest absolute Gasteiger partial charge is 0.340 e. The largest absolute Gasteiger partial charge is 0.457 e. The molecule has 0 aromatic heterocycles. The lowest BCUT2D eigenvalue weighted by Crippen LogP contribution is -2.27. The summed E-state index contributed by atoms with van der Waals surface area (Å²) in [5.41, 5.74) is 1.65. The van der Waals surface area contributed by atoms with E-state index in [9.17, 15) is 18.0 Å². The standard InChI is InChI=1S/C20H22N2O5S/c1-28(25,26)21-18-7-3-2-6-17(18)20(24)27-14-15-8-10-16(11-9-15)19(23)22-12-4-5-13-22/h2-3,6-11,21H,4-5,12-14H2,1H3. The minimum atomic E-state index is -3.51. The van der Waals surface area contributed by atoms with Crippen molar-refractivity contribution in [1.82, 2.24) is 4.90 Å². The minimum Gasteiger partial charge on any atom is -0.457 e. The van der Waals surface area contributed by atoms with Gasteiger partial charge in [0, 0.05) is 18.7 Å². The Bertz CT molecular complexity index is 964. The summed E-state index contributed by atoms with van der Waals surface area (Å²) in [7, 11) is -3.51. The maximum atomic E-state index is 12.4. The molecule has 0 aliphatic carbocycles. The number of rotatable bonds is 6. The molecule has 1 fully saturated rings. The summed E-state index contributed by atoms with van der Waals surface area (Å²) in [6.07, 6.45) is 3.09. The van der Waals surface area contributed by atoms with Crippen LogP contribution >= 0.6 is 0 Å². The van der Waals surface area contributed by atoms with Gasteiger partial charge in [0.2, 0.25) is 10.0 Å². The van der Waals surface area contributed by atoms with E-state index >= 15 is 0 Å². The number of nitrogens with zero attached hydrogens (tertiary/aromatic N) is 1. The van der Waals surface area contributed by atoms with E-state index in [-0.39, 0.29) is 23.8 Å². The van der Waals surface area contributed by atoms with Gasteiger partial charge >= 0.3 is 5.97 Å². The number of carbonyl (C=O) groups is 2. The number of esters is 1. The normalized spacial score (nSPS) is 14.0. The zero-order chi connectivity index (χ0) is 20.1. The summed E-state index contributed by atoms with van der Waals surface area (Å²) >= 11 is 0. The maximum Gasteiger partial charge on any atom is 0.340 e. The Labute approximate surface area is 164 Å². The number of likely N-dealkylation sites (tertiary alicyclic amines) is 1. The van der Waals surface area contributed by atoms with Gasteiger partial charge in [-0.05, 0) is 42.7 Å². The quantitative estimate of drug-likeness (QED) is 0.750. The molecule has 3 rings (SSSR count). The van der Waals surface area contributed by atoms with E-state index in [1.54, 1.807) is 36.4 Å². The Morgan fingerprint density at radius 2 is 1.68 bits per heavy atom. The van der Waals surface area contributed by atoms with Gasteiger partial charge in [-0.1, -0.05) is 24.3 Å². The highest BCUT2D eigenvalue weighted by Gasteiger charge is 2.19. The average Bonchev–Trinajstić information content (AvgIpc) is 3.20. The predicted molar refractivity (Wildman–Crippen MR) is 106 cm³/mol. The lowest BCUT2D eigenvalue weighted by Gasteiger charge is -2.15. The number of ether oxygens (including phenoxy) is 1. The number of sulfonamides is 1. The molecule has 1 N–H and O–H groups in total. The second-order valence-corrected chi connectivity index (χ2v) is 8.44. The summed E-state index contributed by atoms with van der Waals surface area (Å²) in [6, 6.07) is 13.2. The van der Waals surface area contributed by atoms with Crippen LogP contribution < -0.4 is 4.72 Å². The van der Waals surface area contributed by atoms with Crippen molar-refractivity contribution in [2.45, 2.75) is 19.4 Å². The van der Waals surface area contributed by atoms with E-state index in [1.807, 2.05) is 4.90 Å². The second-order valence-electron chi connectivity index (χ2n) is 6.69. The number of anilines is 1. The fourth-order valence-electron chi connectivity index (χ4n) is 3.02. The van der Waals surface area contributed by atoms with E-state index in [1.165, 1.54) is 12.1 Å². The maximum absolute atomic E-state index is 12.4. The van der Waals surface area contributed by atoms with Crippen molar-refractivity contribution >= 4 is 27.6 Å². The average molecular weight is 402 g/mol. The summed E-state index contributed by atoms with van der Waals surface area (Å²) in [4.78, 5) is 26.5. The van der Waals surface area contributed by atoms with E-state index in [4.69, 9.17) is 4.74 Å². The lowest BCUT2D eigenvalue weighted by molar-refractivity contribution is 0.0473. The van der Waals surface area contributed by atoms with Crippen LogP contribution in [-0.4, -0.2) is 44.5 Å². The third kappa shape index (κ3) is 5.10. The van der Waals surface area contributed by atoms with Gasteiger partial charge in [-0.2, -0.15) is 0 Å². The van der Waals surface area contributed by atoms with Crippen molar-refractivity contribution in [2.75, 3.05) is 24.1 Å². The molecule has 148 valence electrons. The molecule has 0 unspecified atom stereocenters. The SMILES string of the molecule is CS(=O)(=O)Nc1ccccc1C(=O)OCc1ccc(C(=O)N2CCCC2)cc1. The van der Waals surface area contributed by atoms with Crippen LogP contribution in [0.1, 0.15) is 39.1 Å². The molecule has 1 saturated heterocycles. The molecular formula is C20H22N2O5S. The molecule has 0 spiro atoms. The number of amides is 1. The monoisotopic (exact) mass is 402 g/mol. The third-order valence-corrected chi connectivity index (χ3v) is 5.00. The van der Waals surface area contributed by atoms with Crippen molar-refractivity contribution in [3.63, 3.8) is 0 Å². The number of nitrogens with one attached hydrogen (secondary N) is 1. The zero-order valence-corrected chi connectivity index (χ0v) is 16.4. The van der Waals surface area contributed by atoms with Crippen molar-refractivity contribution in [3.05, 3.63) is 65.2 Å². The molecule has 0 radical (unpaired) electrons. The molecule has 0 bridgehead atoms. The molecule has 1 aliphatic heterocycles. The molecule has 7 nitrogen and oxygen atoms in total. The Kier molecular flexibility index (Phi) is 5.99. The van der Waals surface area contributed by atoms with Crippen LogP contribution in [0.2, 0.25) is 0 Å². The van der Waals surface area contributed by atoms with Crippen LogP contribution in [0.5, 0.6) is 0 Å². The van der Waals surface area contributed by atoms with Gasteiger partial charge in [0.15, 0.2) is 0 Å². The molecule has 1 aliphatic rings. The topological polar surface area (TPSA) is 92.8 Å². The van der Waals surface area contributed by atoms with E-state index in [0.29, 0.717) is 5.56 Å². The zero-order valence-electron chi connectivity index (χ0n) is 15.6. The van der Waals surface area contributed by atoms with Crippen LogP contribution in [0, 0.1) is 0 Å². The summed E-state index contributed by atoms with van der Waals surface area (Å²) < 4.78 is 30.5. The van der Waals surface area contributed by atoms with Gasteiger partial charge in [-0.15, -0.1) is 0 Å². The van der Waals surface area contributed by atoms with Gasteiger partial charge in [0.25, 0.3) is 5.91 Å². The first-order valence-electron chi connectivity index (χ1n) is 8.96. The highest BCUT2D eigenvalue weighted by Crippen LogP contribution is 2.19. The van der Waals surface area contributed by atoms with Crippen molar-refractivity contribution in [3.8, 4) is 0 Å². The minimum absolute atomic E-state index is 0.0156.